The van der Waals surface area contributed by atoms with Crippen LogP contribution in [0.15, 0.2) is 48.5 Å². The first-order valence-electron chi connectivity index (χ1n) is 8.74. The molecule has 0 bridgehead atoms. The highest BCUT2D eigenvalue weighted by Crippen LogP contribution is 2.38. The average Bonchev–Trinajstić information content (AvgIpc) is 3.25. The van der Waals surface area contributed by atoms with Crippen molar-refractivity contribution in [2.75, 3.05) is 18.5 Å². The van der Waals surface area contributed by atoms with Gasteiger partial charge >= 0.3 is 6.18 Å². The van der Waals surface area contributed by atoms with Crippen molar-refractivity contribution in [1.29, 1.82) is 0 Å². The van der Waals surface area contributed by atoms with Crippen LogP contribution in [0, 0.1) is 0 Å². The van der Waals surface area contributed by atoms with Gasteiger partial charge in [-0.15, -0.1) is 0 Å². The summed E-state index contributed by atoms with van der Waals surface area (Å²) in [5, 5.41) is 7.94. The first-order chi connectivity index (χ1) is 13.0. The lowest BCUT2D eigenvalue weighted by atomic mass is 10.0. The van der Waals surface area contributed by atoms with E-state index in [2.05, 4.69) is 10.4 Å². The standard InChI is InChI=1S/C20H18F3N3O/c1-2-27-17-9-4-3-8-16(17)26-19-15(10-11-24-19)18(25-26)13-6-5-7-14(12-13)20(21,22)23/h3-9,12,24H,2,10-11H2,1H3. The normalized spacial score (nSPS) is 13.3. The maximum absolute atomic E-state index is 13.1. The molecule has 1 aliphatic rings. The topological polar surface area (TPSA) is 39.1 Å². The molecule has 0 unspecified atom stereocenters. The Morgan fingerprint density at radius 3 is 2.74 bits per heavy atom. The number of halogens is 3. The first kappa shape index (κ1) is 17.5. The summed E-state index contributed by atoms with van der Waals surface area (Å²) in [5.74, 6) is 1.48. The summed E-state index contributed by atoms with van der Waals surface area (Å²) < 4.78 is 46.8. The van der Waals surface area contributed by atoms with Crippen LogP contribution in [0.5, 0.6) is 5.75 Å². The van der Waals surface area contributed by atoms with Crippen molar-refractivity contribution in [3.8, 4) is 22.7 Å². The summed E-state index contributed by atoms with van der Waals surface area (Å²) in [6, 6.07) is 12.8. The number of hydrogen-bond acceptors (Lipinski definition) is 3. The number of hydrogen-bond donors (Lipinski definition) is 1. The molecule has 4 nitrogen and oxygen atoms in total. The first-order valence-corrected chi connectivity index (χ1v) is 8.74. The van der Waals surface area contributed by atoms with Crippen LogP contribution in [0.3, 0.4) is 0 Å². The number of alkyl halides is 3. The van der Waals surface area contributed by atoms with Crippen molar-refractivity contribution in [3.05, 3.63) is 59.7 Å². The predicted molar refractivity (Wildman–Crippen MR) is 97.4 cm³/mol. The zero-order valence-electron chi connectivity index (χ0n) is 14.7. The molecule has 2 aromatic carbocycles. The molecule has 0 saturated heterocycles. The molecule has 4 rings (SSSR count). The lowest BCUT2D eigenvalue weighted by molar-refractivity contribution is -0.137. The largest absolute Gasteiger partial charge is 0.492 e. The van der Waals surface area contributed by atoms with Gasteiger partial charge in [0.2, 0.25) is 0 Å². The molecule has 0 spiro atoms. The number of aromatic nitrogens is 2. The van der Waals surface area contributed by atoms with E-state index in [1.54, 1.807) is 10.7 Å². The van der Waals surface area contributed by atoms with Gasteiger partial charge in [0.05, 0.1) is 17.9 Å². The van der Waals surface area contributed by atoms with Gasteiger partial charge in [0.25, 0.3) is 0 Å². The molecular weight excluding hydrogens is 355 g/mol. The Morgan fingerprint density at radius 1 is 1.15 bits per heavy atom. The summed E-state index contributed by atoms with van der Waals surface area (Å²) in [6.07, 6.45) is -3.68. The van der Waals surface area contributed by atoms with Crippen LogP contribution >= 0.6 is 0 Å². The number of anilines is 1. The van der Waals surface area contributed by atoms with Crippen LogP contribution in [0.4, 0.5) is 19.0 Å². The quantitative estimate of drug-likeness (QED) is 0.705. The molecule has 7 heteroatoms. The molecule has 2 heterocycles. The molecule has 0 aliphatic carbocycles. The molecule has 0 saturated carbocycles. The van der Waals surface area contributed by atoms with Gasteiger partial charge in [-0.2, -0.15) is 18.3 Å². The Kier molecular flexibility index (Phi) is 4.30. The summed E-state index contributed by atoms with van der Waals surface area (Å²) in [7, 11) is 0. The Morgan fingerprint density at radius 2 is 1.96 bits per heavy atom. The molecule has 27 heavy (non-hydrogen) atoms. The van der Waals surface area contributed by atoms with E-state index < -0.39 is 11.7 Å². The summed E-state index contributed by atoms with van der Waals surface area (Å²) in [6.45, 7) is 3.13. The monoisotopic (exact) mass is 373 g/mol. The van der Waals surface area contributed by atoms with E-state index in [0.29, 0.717) is 30.0 Å². The van der Waals surface area contributed by atoms with Crippen molar-refractivity contribution in [3.63, 3.8) is 0 Å². The Bertz CT molecular complexity index is 979. The number of ether oxygens (including phenoxy) is 1. The predicted octanol–water partition coefficient (Wildman–Crippen LogP) is 4.92. The highest BCUT2D eigenvalue weighted by Gasteiger charge is 2.31. The fourth-order valence-electron chi connectivity index (χ4n) is 3.33. The second-order valence-electron chi connectivity index (χ2n) is 6.24. The number of para-hydroxylation sites is 2. The van der Waals surface area contributed by atoms with Gasteiger partial charge in [0, 0.05) is 17.7 Å². The van der Waals surface area contributed by atoms with Gasteiger partial charge in [-0.05, 0) is 37.6 Å². The van der Waals surface area contributed by atoms with E-state index >= 15 is 0 Å². The zero-order chi connectivity index (χ0) is 19.0. The SMILES string of the molecule is CCOc1ccccc1-n1nc(-c2cccc(C(F)(F)F)c2)c2c1NCC2. The van der Waals surface area contributed by atoms with Crippen molar-refractivity contribution >= 4 is 5.82 Å². The Balaban J connectivity index is 1.86. The van der Waals surface area contributed by atoms with Gasteiger partial charge in [0.1, 0.15) is 17.3 Å². The minimum atomic E-state index is -4.39. The molecule has 1 aromatic heterocycles. The second kappa shape index (κ2) is 6.64. The third-order valence-electron chi connectivity index (χ3n) is 4.51. The summed E-state index contributed by atoms with van der Waals surface area (Å²) in [5.41, 5.74) is 2.01. The van der Waals surface area contributed by atoms with Crippen molar-refractivity contribution in [2.24, 2.45) is 0 Å². The molecular formula is C20H18F3N3O. The van der Waals surface area contributed by atoms with Gasteiger partial charge in [-0.3, -0.25) is 0 Å². The summed E-state index contributed by atoms with van der Waals surface area (Å²) >= 11 is 0. The number of nitrogens with one attached hydrogen (secondary N) is 1. The van der Waals surface area contributed by atoms with E-state index in [-0.39, 0.29) is 0 Å². The molecule has 0 fully saturated rings. The average molecular weight is 373 g/mol. The van der Waals surface area contributed by atoms with E-state index in [1.807, 2.05) is 31.2 Å². The highest BCUT2D eigenvalue weighted by atomic mass is 19.4. The third kappa shape index (κ3) is 3.13. The van der Waals surface area contributed by atoms with E-state index in [1.165, 1.54) is 6.07 Å². The maximum Gasteiger partial charge on any atom is 0.416 e. The third-order valence-corrected chi connectivity index (χ3v) is 4.51. The van der Waals surface area contributed by atoms with Crippen LogP contribution in [-0.2, 0) is 12.6 Å². The fourth-order valence-corrected chi connectivity index (χ4v) is 3.33. The van der Waals surface area contributed by atoms with Crippen LogP contribution in [0.2, 0.25) is 0 Å². The van der Waals surface area contributed by atoms with E-state index in [0.717, 1.165) is 35.7 Å². The Labute approximate surface area is 154 Å². The van der Waals surface area contributed by atoms with E-state index in [9.17, 15) is 13.2 Å². The number of nitrogens with zero attached hydrogens (tertiary/aromatic N) is 2. The highest BCUT2D eigenvalue weighted by molar-refractivity contribution is 5.73. The van der Waals surface area contributed by atoms with Crippen molar-refractivity contribution in [2.45, 2.75) is 19.5 Å². The smallest absolute Gasteiger partial charge is 0.416 e. The maximum atomic E-state index is 13.1. The minimum absolute atomic E-state index is 0.456. The van der Waals surface area contributed by atoms with Gasteiger partial charge in [0.15, 0.2) is 0 Å². The molecule has 140 valence electrons. The summed E-state index contributed by atoms with van der Waals surface area (Å²) in [4.78, 5) is 0. The van der Waals surface area contributed by atoms with Crippen LogP contribution in [0.25, 0.3) is 16.9 Å². The molecule has 0 radical (unpaired) electrons. The van der Waals surface area contributed by atoms with E-state index in [4.69, 9.17) is 4.74 Å². The second-order valence-corrected chi connectivity index (χ2v) is 6.24. The van der Waals surface area contributed by atoms with Crippen LogP contribution in [0.1, 0.15) is 18.1 Å². The van der Waals surface area contributed by atoms with Gasteiger partial charge in [-0.25, -0.2) is 4.68 Å². The molecule has 3 aromatic rings. The Hall–Kier alpha value is -2.96. The molecule has 1 N–H and O–H groups in total. The van der Waals surface area contributed by atoms with Gasteiger partial charge in [-0.1, -0.05) is 24.3 Å². The molecule has 0 atom stereocenters. The minimum Gasteiger partial charge on any atom is -0.492 e. The lowest BCUT2D eigenvalue weighted by Gasteiger charge is -2.12. The molecule has 0 amide bonds. The van der Waals surface area contributed by atoms with Crippen LogP contribution in [-0.4, -0.2) is 22.9 Å². The van der Waals surface area contributed by atoms with Crippen molar-refractivity contribution in [1.82, 2.24) is 9.78 Å². The van der Waals surface area contributed by atoms with Crippen LogP contribution < -0.4 is 10.1 Å². The van der Waals surface area contributed by atoms with Crippen molar-refractivity contribution < 1.29 is 17.9 Å². The zero-order valence-corrected chi connectivity index (χ0v) is 14.7. The lowest BCUT2D eigenvalue weighted by Crippen LogP contribution is -2.07. The number of rotatable bonds is 4. The fraction of sp³-hybridized carbons (Fsp3) is 0.250. The number of fused-ring (bicyclic) bond motifs is 1. The number of benzene rings is 2. The molecule has 1 aliphatic heterocycles. The van der Waals surface area contributed by atoms with Gasteiger partial charge < -0.3 is 10.1 Å².